The van der Waals surface area contributed by atoms with Crippen LogP contribution in [0.5, 0.6) is 11.5 Å². The number of halogens is 2. The van der Waals surface area contributed by atoms with Crippen molar-refractivity contribution in [3.05, 3.63) is 23.8 Å². The molecule has 11 heteroatoms. The van der Waals surface area contributed by atoms with Gasteiger partial charge in [-0.05, 0) is 50.3 Å². The number of benzene rings is 1. The van der Waals surface area contributed by atoms with Crippen LogP contribution >= 0.6 is 24.8 Å². The highest BCUT2D eigenvalue weighted by molar-refractivity contribution is 6.40. The molecular formula is C19H35BCl2N2O6. The maximum Gasteiger partial charge on any atom is 0.451 e. The normalized spacial score (nSPS) is 12.4. The van der Waals surface area contributed by atoms with Crippen LogP contribution in [-0.4, -0.2) is 73.0 Å². The van der Waals surface area contributed by atoms with Gasteiger partial charge in [0.1, 0.15) is 5.54 Å². The Morgan fingerprint density at radius 2 is 1.73 bits per heavy atom. The fourth-order valence-electron chi connectivity index (χ4n) is 2.96. The van der Waals surface area contributed by atoms with E-state index in [0.717, 1.165) is 18.5 Å². The Hall–Kier alpha value is -1.23. The lowest BCUT2D eigenvalue weighted by Crippen LogP contribution is -2.50. The van der Waals surface area contributed by atoms with E-state index in [1.54, 1.807) is 14.2 Å². The van der Waals surface area contributed by atoms with Crippen molar-refractivity contribution in [1.29, 1.82) is 0 Å². The molecular weight excluding hydrogens is 434 g/mol. The first-order chi connectivity index (χ1) is 13.2. The van der Waals surface area contributed by atoms with Crippen molar-refractivity contribution < 1.29 is 29.4 Å². The molecule has 0 bridgehead atoms. The number of hydrogen-bond donors (Lipinski definition) is 4. The molecule has 0 spiro atoms. The fourth-order valence-corrected chi connectivity index (χ4v) is 2.96. The number of carbonyl (C=O) groups is 1. The van der Waals surface area contributed by atoms with E-state index in [0.29, 0.717) is 43.7 Å². The lowest BCUT2D eigenvalue weighted by molar-refractivity contribution is -0.144. The van der Waals surface area contributed by atoms with Crippen LogP contribution in [0.3, 0.4) is 0 Å². The molecule has 0 heterocycles. The van der Waals surface area contributed by atoms with Gasteiger partial charge in [-0.15, -0.1) is 24.8 Å². The van der Waals surface area contributed by atoms with Crippen LogP contribution in [0.15, 0.2) is 18.2 Å². The maximum atomic E-state index is 11.6. The summed E-state index contributed by atoms with van der Waals surface area (Å²) in [7, 11) is 3.77. The lowest BCUT2D eigenvalue weighted by Gasteiger charge is -2.27. The highest BCUT2D eigenvalue weighted by atomic mass is 35.5. The summed E-state index contributed by atoms with van der Waals surface area (Å²) in [5.74, 6) is 0.343. The Morgan fingerprint density at radius 1 is 1.10 bits per heavy atom. The average molecular weight is 469 g/mol. The van der Waals surface area contributed by atoms with E-state index in [1.165, 1.54) is 0 Å². The third-order valence-electron chi connectivity index (χ3n) is 4.93. The molecule has 1 rings (SSSR count). The predicted molar refractivity (Wildman–Crippen MR) is 123 cm³/mol. The zero-order valence-corrected chi connectivity index (χ0v) is 19.5. The van der Waals surface area contributed by atoms with Gasteiger partial charge in [-0.1, -0.05) is 18.9 Å². The van der Waals surface area contributed by atoms with E-state index >= 15 is 0 Å². The van der Waals surface area contributed by atoms with Gasteiger partial charge in [0.05, 0.1) is 14.2 Å². The van der Waals surface area contributed by atoms with E-state index in [9.17, 15) is 9.90 Å². The highest BCUT2D eigenvalue weighted by Gasteiger charge is 2.33. The van der Waals surface area contributed by atoms with Crippen LogP contribution in [0, 0.1) is 0 Å². The van der Waals surface area contributed by atoms with Gasteiger partial charge in [0.25, 0.3) is 0 Å². The zero-order valence-electron chi connectivity index (χ0n) is 17.9. The van der Waals surface area contributed by atoms with Gasteiger partial charge in [-0.2, -0.15) is 0 Å². The summed E-state index contributed by atoms with van der Waals surface area (Å²) in [4.78, 5) is 13.7. The predicted octanol–water partition coefficient (Wildman–Crippen LogP) is 1.84. The largest absolute Gasteiger partial charge is 0.493 e. The molecule has 0 saturated heterocycles. The number of carboxylic acid groups (broad SMARTS) is 1. The van der Waals surface area contributed by atoms with E-state index in [-0.39, 0.29) is 31.1 Å². The summed E-state index contributed by atoms with van der Waals surface area (Å²) >= 11 is 0. The molecule has 8 nitrogen and oxygen atoms in total. The number of nitrogens with zero attached hydrogens (tertiary/aromatic N) is 1. The van der Waals surface area contributed by atoms with Crippen molar-refractivity contribution in [3.63, 3.8) is 0 Å². The Bertz CT molecular complexity index is 627. The summed E-state index contributed by atoms with van der Waals surface area (Å²) in [5, 5.41) is 27.2. The first kappa shape index (κ1) is 31.0. The van der Waals surface area contributed by atoms with Gasteiger partial charge < -0.3 is 35.3 Å². The molecule has 0 aliphatic heterocycles. The minimum Gasteiger partial charge on any atom is -0.493 e. The first-order valence-electron chi connectivity index (χ1n) is 9.49. The number of ether oxygens (including phenoxy) is 2. The van der Waals surface area contributed by atoms with Gasteiger partial charge in [0.15, 0.2) is 11.5 Å². The summed E-state index contributed by atoms with van der Waals surface area (Å²) < 4.78 is 10.5. The van der Waals surface area contributed by atoms with Crippen LogP contribution < -0.4 is 15.2 Å². The minimum absolute atomic E-state index is 0. The molecule has 30 heavy (non-hydrogen) atoms. The third kappa shape index (κ3) is 10.7. The Morgan fingerprint density at radius 3 is 2.27 bits per heavy atom. The molecule has 0 radical (unpaired) electrons. The molecule has 1 unspecified atom stereocenters. The third-order valence-corrected chi connectivity index (χ3v) is 4.93. The van der Waals surface area contributed by atoms with Crippen molar-refractivity contribution in [2.24, 2.45) is 5.73 Å². The number of aliphatic carboxylic acids is 1. The summed E-state index contributed by atoms with van der Waals surface area (Å²) in [6, 6.07) is 5.79. The standard InChI is InChI=1S/C19H33BN2O6.2ClH/c1-22(12-8-15-6-7-16(27-2)17(14-15)28-3)13-10-19(21,18(23)24)9-4-5-11-20(25)26;;/h6-7,14,25-26H,4-5,8-13,21H2,1-3H3,(H,23,24);2*1H. The fraction of sp³-hybridized carbons (Fsp3) is 0.632. The van der Waals surface area contributed by atoms with E-state index in [2.05, 4.69) is 4.90 Å². The molecule has 5 N–H and O–H groups in total. The zero-order chi connectivity index (χ0) is 21.2. The van der Waals surface area contributed by atoms with E-state index < -0.39 is 18.6 Å². The number of rotatable bonds is 14. The molecule has 1 aromatic carbocycles. The molecule has 0 saturated carbocycles. The second-order valence-electron chi connectivity index (χ2n) is 7.18. The van der Waals surface area contributed by atoms with Crippen molar-refractivity contribution >= 4 is 37.9 Å². The Labute approximate surface area is 191 Å². The first-order valence-corrected chi connectivity index (χ1v) is 9.49. The lowest BCUT2D eigenvalue weighted by atomic mass is 9.81. The van der Waals surface area contributed by atoms with Gasteiger partial charge >= 0.3 is 13.1 Å². The van der Waals surface area contributed by atoms with Crippen molar-refractivity contribution in [3.8, 4) is 11.5 Å². The van der Waals surface area contributed by atoms with Crippen LogP contribution in [0.1, 0.15) is 31.2 Å². The summed E-state index contributed by atoms with van der Waals surface area (Å²) in [6.45, 7) is 1.31. The summed E-state index contributed by atoms with van der Waals surface area (Å²) in [5.41, 5.74) is 5.90. The van der Waals surface area contributed by atoms with E-state index in [4.69, 9.17) is 25.3 Å². The molecule has 1 aromatic rings. The smallest absolute Gasteiger partial charge is 0.451 e. The molecule has 174 valence electrons. The van der Waals surface area contributed by atoms with Crippen LogP contribution in [-0.2, 0) is 11.2 Å². The quantitative estimate of drug-likeness (QED) is 0.240. The van der Waals surface area contributed by atoms with Gasteiger partial charge in [0, 0.05) is 13.1 Å². The molecule has 0 fully saturated rings. The number of hydrogen-bond acceptors (Lipinski definition) is 7. The Kier molecular flexibility index (Phi) is 16.1. The minimum atomic E-state index is -1.36. The SMILES string of the molecule is COc1ccc(CCN(C)CCC(N)(CCCCB(O)O)C(=O)O)cc1OC.Cl.Cl. The van der Waals surface area contributed by atoms with Crippen LogP contribution in [0.2, 0.25) is 6.32 Å². The maximum absolute atomic E-state index is 11.6. The molecule has 0 aliphatic rings. The number of likely N-dealkylation sites (N-methyl/N-ethyl adjacent to an activating group) is 1. The molecule has 0 aliphatic carbocycles. The number of unbranched alkanes of at least 4 members (excludes halogenated alkanes) is 1. The van der Waals surface area contributed by atoms with Gasteiger partial charge in [0.2, 0.25) is 0 Å². The molecule has 0 aromatic heterocycles. The van der Waals surface area contributed by atoms with Gasteiger partial charge in [-0.3, -0.25) is 4.79 Å². The summed E-state index contributed by atoms with van der Waals surface area (Å²) in [6.07, 6.45) is 2.71. The second-order valence-corrected chi connectivity index (χ2v) is 7.18. The number of carboxylic acids is 1. The molecule has 1 atom stereocenters. The average Bonchev–Trinajstić information content (AvgIpc) is 2.67. The highest BCUT2D eigenvalue weighted by Crippen LogP contribution is 2.27. The van der Waals surface area contributed by atoms with Crippen LogP contribution in [0.25, 0.3) is 0 Å². The van der Waals surface area contributed by atoms with Crippen molar-refractivity contribution in [1.82, 2.24) is 4.90 Å². The molecule has 0 amide bonds. The number of nitrogens with two attached hydrogens (primary N) is 1. The van der Waals surface area contributed by atoms with Crippen LogP contribution in [0.4, 0.5) is 0 Å². The number of methoxy groups -OCH3 is 2. The topological polar surface area (TPSA) is 125 Å². The van der Waals surface area contributed by atoms with Gasteiger partial charge in [-0.25, -0.2) is 0 Å². The van der Waals surface area contributed by atoms with Crippen molar-refractivity contribution in [2.45, 2.75) is 44.0 Å². The van der Waals surface area contributed by atoms with E-state index in [1.807, 2.05) is 25.2 Å². The second kappa shape index (κ2) is 15.6. The Balaban J connectivity index is 0. The monoisotopic (exact) mass is 468 g/mol. The van der Waals surface area contributed by atoms with Crippen molar-refractivity contribution in [2.75, 3.05) is 34.4 Å².